The number of hydrogen-bond donors (Lipinski definition) is 1. The van der Waals surface area contributed by atoms with Gasteiger partial charge in [0.05, 0.1) is 17.0 Å². The lowest BCUT2D eigenvalue weighted by Crippen LogP contribution is -2.34. The Morgan fingerprint density at radius 2 is 2.00 bits per heavy atom. The molecule has 120 valence electrons. The van der Waals surface area contributed by atoms with Crippen molar-refractivity contribution in [2.45, 2.75) is 31.2 Å². The molecule has 21 heavy (non-hydrogen) atoms. The molecule has 7 heteroatoms. The fraction of sp³-hybridized carbons (Fsp3) is 0.571. The van der Waals surface area contributed by atoms with Crippen LogP contribution in [0.1, 0.15) is 20.3 Å². The first-order chi connectivity index (χ1) is 9.70. The number of hydrogen-bond acceptors (Lipinski definition) is 4. The Labute approximate surface area is 132 Å². The smallest absolute Gasteiger partial charge is 0.242 e. The maximum Gasteiger partial charge on any atom is 0.242 e. The fourth-order valence-electron chi connectivity index (χ4n) is 1.77. The van der Waals surface area contributed by atoms with Crippen molar-refractivity contribution in [2.75, 3.05) is 20.7 Å². The predicted octanol–water partition coefficient (Wildman–Crippen LogP) is 2.34. The summed E-state index contributed by atoms with van der Waals surface area (Å²) < 4.78 is 31.2. The number of sulfonamides is 1. The van der Waals surface area contributed by atoms with Crippen LogP contribution in [0.15, 0.2) is 23.1 Å². The molecular weight excluding hydrogens is 312 g/mol. The molecule has 0 heterocycles. The van der Waals surface area contributed by atoms with Gasteiger partial charge in [0.1, 0.15) is 5.75 Å². The van der Waals surface area contributed by atoms with Gasteiger partial charge in [0.25, 0.3) is 0 Å². The number of nitrogens with zero attached hydrogens (tertiary/aromatic N) is 1. The van der Waals surface area contributed by atoms with Crippen molar-refractivity contribution in [2.24, 2.45) is 11.7 Å². The summed E-state index contributed by atoms with van der Waals surface area (Å²) in [6.07, 6.45) is 0.608. The minimum Gasteiger partial charge on any atom is -0.495 e. The van der Waals surface area contributed by atoms with Gasteiger partial charge in [-0.05, 0) is 30.5 Å². The summed E-state index contributed by atoms with van der Waals surface area (Å²) in [7, 11) is -0.547. The zero-order valence-electron chi connectivity index (χ0n) is 12.8. The summed E-state index contributed by atoms with van der Waals surface area (Å²) in [6.45, 7) is 4.40. The van der Waals surface area contributed by atoms with Gasteiger partial charge in [-0.15, -0.1) is 0 Å². The number of benzene rings is 1. The number of ether oxygens (including phenoxy) is 1. The summed E-state index contributed by atoms with van der Waals surface area (Å²) in [5, 5.41) is 0.269. The summed E-state index contributed by atoms with van der Waals surface area (Å²) in [6, 6.07) is 4.40. The molecule has 1 atom stereocenters. The van der Waals surface area contributed by atoms with Crippen LogP contribution in [0.25, 0.3) is 0 Å². The SMILES string of the molecule is COc1ccc(S(=O)(=O)N(C)CCC(N)C(C)C)cc1Cl. The molecule has 0 amide bonds. The van der Waals surface area contributed by atoms with Crippen LogP contribution in [-0.2, 0) is 10.0 Å². The van der Waals surface area contributed by atoms with Gasteiger partial charge in [0, 0.05) is 19.6 Å². The van der Waals surface area contributed by atoms with Crippen molar-refractivity contribution >= 4 is 21.6 Å². The molecule has 5 nitrogen and oxygen atoms in total. The van der Waals surface area contributed by atoms with Crippen molar-refractivity contribution in [1.82, 2.24) is 4.31 Å². The van der Waals surface area contributed by atoms with E-state index in [1.807, 2.05) is 13.8 Å². The van der Waals surface area contributed by atoms with Crippen LogP contribution in [0.2, 0.25) is 5.02 Å². The third-order valence-corrected chi connectivity index (χ3v) is 5.61. The third kappa shape index (κ3) is 4.57. The lowest BCUT2D eigenvalue weighted by molar-refractivity contribution is 0.397. The van der Waals surface area contributed by atoms with E-state index in [1.165, 1.54) is 23.5 Å². The molecule has 0 spiro atoms. The van der Waals surface area contributed by atoms with Crippen molar-refractivity contribution in [3.8, 4) is 5.75 Å². The van der Waals surface area contributed by atoms with E-state index >= 15 is 0 Å². The Morgan fingerprint density at radius 1 is 1.38 bits per heavy atom. The van der Waals surface area contributed by atoms with Gasteiger partial charge in [-0.25, -0.2) is 12.7 Å². The summed E-state index contributed by atoms with van der Waals surface area (Å²) in [4.78, 5) is 0.147. The van der Waals surface area contributed by atoms with Crippen LogP contribution >= 0.6 is 11.6 Å². The molecule has 0 bridgehead atoms. The van der Waals surface area contributed by atoms with Crippen LogP contribution in [-0.4, -0.2) is 39.5 Å². The van der Waals surface area contributed by atoms with E-state index in [0.717, 1.165) is 0 Å². The summed E-state index contributed by atoms with van der Waals surface area (Å²) in [5.41, 5.74) is 5.95. The number of rotatable bonds is 7. The zero-order valence-corrected chi connectivity index (χ0v) is 14.4. The quantitative estimate of drug-likeness (QED) is 0.830. The number of methoxy groups -OCH3 is 1. The molecule has 0 saturated heterocycles. The standard InChI is InChI=1S/C14H23ClN2O3S/c1-10(2)13(16)7-8-17(3)21(18,19)11-5-6-14(20-4)12(15)9-11/h5-6,9-10,13H,7-8,16H2,1-4H3. The molecule has 1 aromatic rings. The second kappa shape index (κ2) is 7.45. The van der Waals surface area contributed by atoms with Gasteiger partial charge in [-0.3, -0.25) is 0 Å². The average molecular weight is 335 g/mol. The third-order valence-electron chi connectivity index (χ3n) is 3.47. The highest BCUT2D eigenvalue weighted by Crippen LogP contribution is 2.28. The average Bonchev–Trinajstić information content (AvgIpc) is 2.43. The monoisotopic (exact) mass is 334 g/mol. The van der Waals surface area contributed by atoms with Crippen LogP contribution in [0.3, 0.4) is 0 Å². The maximum absolute atomic E-state index is 12.5. The highest BCUT2D eigenvalue weighted by molar-refractivity contribution is 7.89. The van der Waals surface area contributed by atoms with Crippen LogP contribution in [0, 0.1) is 5.92 Å². The van der Waals surface area contributed by atoms with Gasteiger partial charge in [0.15, 0.2) is 0 Å². The first kappa shape index (κ1) is 18.2. The first-order valence-electron chi connectivity index (χ1n) is 6.75. The number of halogens is 1. The molecule has 1 unspecified atom stereocenters. The molecule has 0 aliphatic carbocycles. The minimum atomic E-state index is -3.57. The molecule has 0 saturated carbocycles. The zero-order chi connectivity index (χ0) is 16.2. The molecule has 0 aromatic heterocycles. The first-order valence-corrected chi connectivity index (χ1v) is 8.57. The molecule has 0 radical (unpaired) electrons. The number of nitrogens with two attached hydrogens (primary N) is 1. The van der Waals surface area contributed by atoms with Gasteiger partial charge < -0.3 is 10.5 Å². The van der Waals surface area contributed by atoms with Crippen LogP contribution < -0.4 is 10.5 Å². The highest BCUT2D eigenvalue weighted by atomic mass is 35.5. The molecule has 1 rings (SSSR count). The summed E-state index contributed by atoms with van der Waals surface area (Å²) in [5.74, 6) is 0.761. The van der Waals surface area contributed by atoms with Crippen molar-refractivity contribution in [3.63, 3.8) is 0 Å². The van der Waals surface area contributed by atoms with Crippen LogP contribution in [0.5, 0.6) is 5.75 Å². The van der Waals surface area contributed by atoms with Gasteiger partial charge in [-0.2, -0.15) is 0 Å². The van der Waals surface area contributed by atoms with Gasteiger partial charge in [-0.1, -0.05) is 25.4 Å². The van der Waals surface area contributed by atoms with E-state index in [4.69, 9.17) is 22.1 Å². The Hall–Kier alpha value is -0.820. The second-order valence-electron chi connectivity index (χ2n) is 5.32. The van der Waals surface area contributed by atoms with Crippen molar-refractivity contribution < 1.29 is 13.2 Å². The Morgan fingerprint density at radius 3 is 2.48 bits per heavy atom. The molecule has 0 aliphatic rings. The van der Waals surface area contributed by atoms with Gasteiger partial charge >= 0.3 is 0 Å². The Balaban J connectivity index is 2.87. The van der Waals surface area contributed by atoms with E-state index in [0.29, 0.717) is 24.6 Å². The van der Waals surface area contributed by atoms with E-state index in [2.05, 4.69) is 0 Å². The van der Waals surface area contributed by atoms with E-state index in [9.17, 15) is 8.42 Å². The largest absolute Gasteiger partial charge is 0.495 e. The second-order valence-corrected chi connectivity index (χ2v) is 7.77. The fourth-order valence-corrected chi connectivity index (χ4v) is 3.31. The normalized spacial score (nSPS) is 13.7. The molecule has 2 N–H and O–H groups in total. The van der Waals surface area contributed by atoms with Crippen molar-refractivity contribution in [3.05, 3.63) is 23.2 Å². The Kier molecular flexibility index (Phi) is 6.46. The topological polar surface area (TPSA) is 72.6 Å². The van der Waals surface area contributed by atoms with E-state index < -0.39 is 10.0 Å². The summed E-state index contributed by atoms with van der Waals surface area (Å²) >= 11 is 5.98. The molecular formula is C14H23ClN2O3S. The highest BCUT2D eigenvalue weighted by Gasteiger charge is 2.22. The molecule has 1 aromatic carbocycles. The predicted molar refractivity (Wildman–Crippen MR) is 85.3 cm³/mol. The van der Waals surface area contributed by atoms with Crippen molar-refractivity contribution in [1.29, 1.82) is 0 Å². The lowest BCUT2D eigenvalue weighted by Gasteiger charge is -2.21. The minimum absolute atomic E-state index is 0.0258. The van der Waals surface area contributed by atoms with E-state index in [1.54, 1.807) is 13.1 Å². The van der Waals surface area contributed by atoms with E-state index in [-0.39, 0.29) is 16.0 Å². The molecule has 0 aliphatic heterocycles. The van der Waals surface area contributed by atoms with Crippen LogP contribution in [0.4, 0.5) is 0 Å². The molecule has 0 fully saturated rings. The Bertz CT molecular complexity index is 576. The maximum atomic E-state index is 12.5. The lowest BCUT2D eigenvalue weighted by atomic mass is 10.0. The van der Waals surface area contributed by atoms with Gasteiger partial charge in [0.2, 0.25) is 10.0 Å².